The number of ether oxygens (including phenoxy) is 2. The van der Waals surface area contributed by atoms with Crippen LogP contribution >= 0.6 is 0 Å². The highest BCUT2D eigenvalue weighted by Gasteiger charge is 2.13. The summed E-state index contributed by atoms with van der Waals surface area (Å²) in [6, 6.07) is 14.3. The molecule has 6 nitrogen and oxygen atoms in total. The molecule has 0 radical (unpaired) electrons. The van der Waals surface area contributed by atoms with Crippen LogP contribution in [-0.4, -0.2) is 31.4 Å². The van der Waals surface area contributed by atoms with Crippen molar-refractivity contribution in [2.24, 2.45) is 0 Å². The SMILES string of the molecule is CCCc1ccc(C(=O)CCC(=O)OCC(=O)Nc2ccccc2OC)cc1. The average Bonchev–Trinajstić information content (AvgIpc) is 2.71. The Hall–Kier alpha value is -3.15. The third-order valence-electron chi connectivity index (χ3n) is 4.12. The lowest BCUT2D eigenvalue weighted by atomic mass is 10.0. The Labute approximate surface area is 164 Å². The van der Waals surface area contributed by atoms with E-state index < -0.39 is 18.5 Å². The lowest BCUT2D eigenvalue weighted by molar-refractivity contribution is -0.147. The number of esters is 1. The van der Waals surface area contributed by atoms with Crippen molar-refractivity contribution < 1.29 is 23.9 Å². The molecule has 2 aromatic carbocycles. The van der Waals surface area contributed by atoms with Gasteiger partial charge in [0, 0.05) is 12.0 Å². The zero-order valence-corrected chi connectivity index (χ0v) is 16.2. The van der Waals surface area contributed by atoms with Crippen molar-refractivity contribution in [1.29, 1.82) is 0 Å². The Balaban J connectivity index is 1.74. The van der Waals surface area contributed by atoms with E-state index in [4.69, 9.17) is 9.47 Å². The maximum atomic E-state index is 12.2. The van der Waals surface area contributed by atoms with Gasteiger partial charge in [-0.1, -0.05) is 49.7 Å². The summed E-state index contributed by atoms with van der Waals surface area (Å²) in [7, 11) is 1.50. The minimum Gasteiger partial charge on any atom is -0.495 e. The molecule has 0 fully saturated rings. The van der Waals surface area contributed by atoms with E-state index in [0.717, 1.165) is 12.8 Å². The number of amides is 1. The highest BCUT2D eigenvalue weighted by atomic mass is 16.5. The van der Waals surface area contributed by atoms with Gasteiger partial charge in [-0.3, -0.25) is 14.4 Å². The summed E-state index contributed by atoms with van der Waals surface area (Å²) in [4.78, 5) is 35.9. The number of anilines is 1. The fourth-order valence-corrected chi connectivity index (χ4v) is 2.66. The van der Waals surface area contributed by atoms with Crippen molar-refractivity contribution in [3.8, 4) is 5.75 Å². The molecule has 0 aliphatic heterocycles. The molecule has 0 aliphatic rings. The normalized spacial score (nSPS) is 10.2. The summed E-state index contributed by atoms with van der Waals surface area (Å²) in [6.07, 6.45) is 1.99. The van der Waals surface area contributed by atoms with Crippen molar-refractivity contribution in [2.45, 2.75) is 32.6 Å². The number of aryl methyl sites for hydroxylation is 1. The van der Waals surface area contributed by atoms with Crippen LogP contribution in [0.5, 0.6) is 5.75 Å². The van der Waals surface area contributed by atoms with E-state index in [9.17, 15) is 14.4 Å². The second kappa shape index (κ2) is 10.9. The van der Waals surface area contributed by atoms with E-state index in [1.807, 2.05) is 12.1 Å². The molecule has 0 aromatic heterocycles. The molecule has 0 bridgehead atoms. The summed E-state index contributed by atoms with van der Waals surface area (Å²) < 4.78 is 10.1. The number of carbonyl (C=O) groups is 3. The van der Waals surface area contributed by atoms with Crippen molar-refractivity contribution in [2.75, 3.05) is 19.0 Å². The average molecular weight is 383 g/mol. The first-order valence-electron chi connectivity index (χ1n) is 9.24. The zero-order chi connectivity index (χ0) is 20.4. The third kappa shape index (κ3) is 6.54. The van der Waals surface area contributed by atoms with Gasteiger partial charge in [0.2, 0.25) is 0 Å². The molecule has 6 heteroatoms. The van der Waals surface area contributed by atoms with Gasteiger partial charge >= 0.3 is 5.97 Å². The predicted octanol–water partition coefficient (Wildman–Crippen LogP) is 3.79. The van der Waals surface area contributed by atoms with Crippen molar-refractivity contribution in [3.05, 3.63) is 59.7 Å². The van der Waals surface area contributed by atoms with Crippen LogP contribution in [-0.2, 0) is 20.7 Å². The number of benzene rings is 2. The van der Waals surface area contributed by atoms with Gasteiger partial charge < -0.3 is 14.8 Å². The van der Waals surface area contributed by atoms with Crippen molar-refractivity contribution in [3.63, 3.8) is 0 Å². The monoisotopic (exact) mass is 383 g/mol. The summed E-state index contributed by atoms with van der Waals surface area (Å²) >= 11 is 0. The highest BCUT2D eigenvalue weighted by Crippen LogP contribution is 2.22. The number of ketones is 1. The van der Waals surface area contributed by atoms with Crippen molar-refractivity contribution >= 4 is 23.3 Å². The van der Waals surface area contributed by atoms with Gasteiger partial charge in [-0.05, 0) is 24.1 Å². The minimum absolute atomic E-state index is 0.0418. The highest BCUT2D eigenvalue weighted by molar-refractivity contribution is 5.98. The summed E-state index contributed by atoms with van der Waals surface area (Å²) in [5, 5.41) is 2.61. The minimum atomic E-state index is -0.592. The molecular formula is C22H25NO5. The number of nitrogens with one attached hydrogen (secondary N) is 1. The van der Waals surface area contributed by atoms with Crippen LogP contribution in [0.3, 0.4) is 0 Å². The lowest BCUT2D eigenvalue weighted by Gasteiger charge is -2.10. The Kier molecular flexibility index (Phi) is 8.21. The van der Waals surface area contributed by atoms with E-state index in [0.29, 0.717) is 17.0 Å². The van der Waals surface area contributed by atoms with Gasteiger partial charge in [0.1, 0.15) is 5.75 Å². The molecule has 0 atom stereocenters. The quantitative estimate of drug-likeness (QED) is 0.499. The van der Waals surface area contributed by atoms with Gasteiger partial charge in [0.25, 0.3) is 5.91 Å². The van der Waals surface area contributed by atoms with Crippen LogP contribution in [0, 0.1) is 0 Å². The second-order valence-electron chi connectivity index (χ2n) is 6.28. The Bertz CT molecular complexity index is 814. The van der Waals surface area contributed by atoms with Crippen LogP contribution in [0.1, 0.15) is 42.1 Å². The number of hydrogen-bond donors (Lipinski definition) is 1. The summed E-state index contributed by atoms with van der Waals surface area (Å²) in [5.41, 5.74) is 2.24. The van der Waals surface area contributed by atoms with Crippen LogP contribution in [0.25, 0.3) is 0 Å². The molecule has 0 spiro atoms. The Morgan fingerprint density at radius 1 is 0.964 bits per heavy atom. The van der Waals surface area contributed by atoms with E-state index in [2.05, 4.69) is 12.2 Å². The fraction of sp³-hybridized carbons (Fsp3) is 0.318. The zero-order valence-electron chi connectivity index (χ0n) is 16.2. The van der Waals surface area contributed by atoms with Gasteiger partial charge in [-0.2, -0.15) is 0 Å². The first-order valence-corrected chi connectivity index (χ1v) is 9.24. The maximum absolute atomic E-state index is 12.2. The predicted molar refractivity (Wildman–Crippen MR) is 107 cm³/mol. The largest absolute Gasteiger partial charge is 0.495 e. The van der Waals surface area contributed by atoms with Crippen LogP contribution < -0.4 is 10.1 Å². The van der Waals surface area contributed by atoms with Gasteiger partial charge in [0.05, 0.1) is 19.2 Å². The number of hydrogen-bond acceptors (Lipinski definition) is 5. The first-order chi connectivity index (χ1) is 13.5. The molecular weight excluding hydrogens is 358 g/mol. The Morgan fingerprint density at radius 2 is 1.68 bits per heavy atom. The maximum Gasteiger partial charge on any atom is 0.306 e. The molecule has 148 valence electrons. The first kappa shape index (κ1) is 21.2. The number of methoxy groups -OCH3 is 1. The van der Waals surface area contributed by atoms with Crippen LogP contribution in [0.4, 0.5) is 5.69 Å². The number of carbonyl (C=O) groups excluding carboxylic acids is 3. The molecule has 0 heterocycles. The molecule has 0 unspecified atom stereocenters. The molecule has 1 amide bonds. The molecule has 1 N–H and O–H groups in total. The van der Waals surface area contributed by atoms with Crippen LogP contribution in [0.15, 0.2) is 48.5 Å². The molecule has 0 saturated carbocycles. The van der Waals surface area contributed by atoms with Crippen LogP contribution in [0.2, 0.25) is 0 Å². The van der Waals surface area contributed by atoms with E-state index >= 15 is 0 Å². The summed E-state index contributed by atoms with van der Waals surface area (Å²) in [6.45, 7) is 1.68. The fourth-order valence-electron chi connectivity index (χ4n) is 2.66. The second-order valence-corrected chi connectivity index (χ2v) is 6.28. The molecule has 28 heavy (non-hydrogen) atoms. The standard InChI is InChI=1S/C22H25NO5/c1-3-6-16-9-11-17(12-10-16)19(24)13-14-22(26)28-15-21(25)23-18-7-4-5-8-20(18)27-2/h4-5,7-12H,3,6,13-15H2,1-2H3,(H,23,25). The molecule has 2 aromatic rings. The molecule has 2 rings (SSSR count). The van der Waals surface area contributed by atoms with Gasteiger partial charge in [-0.15, -0.1) is 0 Å². The smallest absolute Gasteiger partial charge is 0.306 e. The van der Waals surface area contributed by atoms with E-state index in [1.165, 1.54) is 12.7 Å². The number of Topliss-reactive ketones (excluding diaryl/α,β-unsaturated/α-hetero) is 1. The number of para-hydroxylation sites is 2. The lowest BCUT2D eigenvalue weighted by Crippen LogP contribution is -2.21. The van der Waals surface area contributed by atoms with Gasteiger partial charge in [-0.25, -0.2) is 0 Å². The Morgan fingerprint density at radius 3 is 2.36 bits per heavy atom. The molecule has 0 saturated heterocycles. The third-order valence-corrected chi connectivity index (χ3v) is 4.12. The topological polar surface area (TPSA) is 81.7 Å². The summed E-state index contributed by atoms with van der Waals surface area (Å²) in [5.74, 6) is -0.682. The van der Waals surface area contributed by atoms with Gasteiger partial charge in [0.15, 0.2) is 12.4 Å². The number of rotatable bonds is 10. The van der Waals surface area contributed by atoms with Crippen molar-refractivity contribution in [1.82, 2.24) is 0 Å². The molecule has 0 aliphatic carbocycles. The van der Waals surface area contributed by atoms with E-state index in [1.54, 1.807) is 36.4 Å². The van der Waals surface area contributed by atoms with E-state index in [-0.39, 0.29) is 18.6 Å².